The molecule has 2 aliphatic rings. The Morgan fingerprint density at radius 1 is 0.897 bits per heavy atom. The maximum atomic E-state index is 14.7. The van der Waals surface area contributed by atoms with Crippen molar-refractivity contribution in [3.8, 4) is 11.5 Å². The fourth-order valence-electron chi connectivity index (χ4n) is 4.13. The zero-order valence-electron chi connectivity index (χ0n) is 16.0. The number of hydrogen-bond donors (Lipinski definition) is 0. The van der Waals surface area contributed by atoms with Crippen LogP contribution in [-0.4, -0.2) is 47.2 Å². The van der Waals surface area contributed by atoms with Crippen LogP contribution in [0.15, 0.2) is 59.0 Å². The molecule has 0 bridgehead atoms. The fraction of sp³-hybridized carbons (Fsp3) is 0.364. The van der Waals surface area contributed by atoms with Crippen LogP contribution < -0.4 is 0 Å². The quantitative estimate of drug-likeness (QED) is 0.670. The first kappa shape index (κ1) is 18.4. The smallest absolute Gasteiger partial charge is 0.247 e. The number of benzene rings is 2. The Morgan fingerprint density at radius 3 is 2.31 bits per heavy atom. The molecular weight excluding hydrogens is 373 g/mol. The Hall–Kier alpha value is -2.61. The number of halogens is 1. The van der Waals surface area contributed by atoms with Crippen LogP contribution in [0, 0.1) is 5.82 Å². The molecule has 5 rings (SSSR count). The van der Waals surface area contributed by atoms with E-state index < -0.39 is 11.8 Å². The van der Waals surface area contributed by atoms with Gasteiger partial charge in [0.25, 0.3) is 0 Å². The van der Waals surface area contributed by atoms with E-state index in [0.29, 0.717) is 43.6 Å². The van der Waals surface area contributed by atoms with E-state index in [-0.39, 0.29) is 5.82 Å². The Kier molecular flexibility index (Phi) is 4.87. The van der Waals surface area contributed by atoms with Gasteiger partial charge in [0.15, 0.2) is 5.79 Å². The number of likely N-dealkylation sites (tertiary alicyclic amines) is 1. The van der Waals surface area contributed by atoms with E-state index in [1.165, 1.54) is 6.07 Å². The Bertz CT molecular complexity index is 962. The van der Waals surface area contributed by atoms with Gasteiger partial charge in [0, 0.05) is 37.1 Å². The van der Waals surface area contributed by atoms with Gasteiger partial charge in [0.1, 0.15) is 11.9 Å². The summed E-state index contributed by atoms with van der Waals surface area (Å²) in [6.45, 7) is 2.62. The summed E-state index contributed by atoms with van der Waals surface area (Å²) in [4.78, 5) is 2.16. The monoisotopic (exact) mass is 395 g/mol. The average molecular weight is 395 g/mol. The third kappa shape index (κ3) is 3.57. The number of hydrogen-bond acceptors (Lipinski definition) is 6. The highest BCUT2D eigenvalue weighted by atomic mass is 19.1. The van der Waals surface area contributed by atoms with Crippen molar-refractivity contribution in [2.75, 3.05) is 26.3 Å². The molecule has 7 heteroatoms. The highest BCUT2D eigenvalue weighted by Crippen LogP contribution is 2.38. The minimum absolute atomic E-state index is 0.286. The third-order valence-corrected chi connectivity index (χ3v) is 5.63. The zero-order chi connectivity index (χ0) is 19.7. The molecule has 29 heavy (non-hydrogen) atoms. The SMILES string of the molecule is Fc1ccccc1C(c1nnc(-c2ccccc2)o1)N1CCC2(CC1)OCCO2. The molecule has 3 heterocycles. The number of rotatable bonds is 4. The van der Waals surface area contributed by atoms with Crippen LogP contribution in [0.5, 0.6) is 0 Å². The van der Waals surface area contributed by atoms with Crippen molar-refractivity contribution in [3.63, 3.8) is 0 Å². The van der Waals surface area contributed by atoms with Gasteiger partial charge in [-0.05, 0) is 18.2 Å². The van der Waals surface area contributed by atoms with Crippen molar-refractivity contribution in [2.24, 2.45) is 0 Å². The Morgan fingerprint density at radius 2 is 1.59 bits per heavy atom. The average Bonchev–Trinajstić information content (AvgIpc) is 3.42. The lowest BCUT2D eigenvalue weighted by Crippen LogP contribution is -2.46. The van der Waals surface area contributed by atoms with Gasteiger partial charge < -0.3 is 13.9 Å². The van der Waals surface area contributed by atoms with Crippen molar-refractivity contribution < 1.29 is 18.3 Å². The van der Waals surface area contributed by atoms with Crippen molar-refractivity contribution >= 4 is 0 Å². The second-order valence-electron chi connectivity index (χ2n) is 7.38. The second kappa shape index (κ2) is 7.67. The largest absolute Gasteiger partial charge is 0.419 e. The lowest BCUT2D eigenvalue weighted by Gasteiger charge is -2.40. The van der Waals surface area contributed by atoms with Gasteiger partial charge in [-0.1, -0.05) is 36.4 Å². The van der Waals surface area contributed by atoms with E-state index in [4.69, 9.17) is 13.9 Å². The van der Waals surface area contributed by atoms with Crippen LogP contribution in [0.3, 0.4) is 0 Å². The van der Waals surface area contributed by atoms with Crippen LogP contribution >= 0.6 is 0 Å². The highest BCUT2D eigenvalue weighted by molar-refractivity contribution is 5.51. The maximum Gasteiger partial charge on any atom is 0.247 e. The molecule has 0 aliphatic carbocycles. The Balaban J connectivity index is 1.47. The highest BCUT2D eigenvalue weighted by Gasteiger charge is 2.42. The first-order valence-electron chi connectivity index (χ1n) is 9.89. The molecule has 150 valence electrons. The van der Waals surface area contributed by atoms with Crippen molar-refractivity contribution in [1.82, 2.24) is 15.1 Å². The topological polar surface area (TPSA) is 60.6 Å². The molecule has 1 unspecified atom stereocenters. The molecule has 2 fully saturated rings. The predicted octanol–water partition coefficient (Wildman–Crippen LogP) is 3.80. The zero-order valence-corrected chi connectivity index (χ0v) is 16.0. The molecule has 0 radical (unpaired) electrons. The van der Waals surface area contributed by atoms with E-state index >= 15 is 0 Å². The van der Waals surface area contributed by atoms with E-state index in [2.05, 4.69) is 15.1 Å². The van der Waals surface area contributed by atoms with Crippen molar-refractivity contribution in [3.05, 3.63) is 71.9 Å². The van der Waals surface area contributed by atoms with Gasteiger partial charge >= 0.3 is 0 Å². The summed E-state index contributed by atoms with van der Waals surface area (Å²) in [5, 5.41) is 8.50. The molecule has 2 saturated heterocycles. The lowest BCUT2D eigenvalue weighted by molar-refractivity contribution is -0.187. The van der Waals surface area contributed by atoms with Gasteiger partial charge in [-0.15, -0.1) is 10.2 Å². The van der Waals surface area contributed by atoms with Crippen LogP contribution in [0.2, 0.25) is 0 Å². The van der Waals surface area contributed by atoms with E-state index in [0.717, 1.165) is 18.4 Å². The molecule has 1 aromatic heterocycles. The minimum atomic E-state index is -0.500. The van der Waals surface area contributed by atoms with Crippen LogP contribution in [0.4, 0.5) is 4.39 Å². The molecule has 2 aliphatic heterocycles. The van der Waals surface area contributed by atoms with Gasteiger partial charge in [-0.3, -0.25) is 4.90 Å². The second-order valence-corrected chi connectivity index (χ2v) is 7.38. The van der Waals surface area contributed by atoms with Crippen LogP contribution in [0.25, 0.3) is 11.5 Å². The summed E-state index contributed by atoms with van der Waals surface area (Å²) in [7, 11) is 0. The number of piperidine rings is 1. The summed E-state index contributed by atoms with van der Waals surface area (Å²) < 4.78 is 32.4. The summed E-state index contributed by atoms with van der Waals surface area (Å²) in [6.07, 6.45) is 1.44. The molecule has 0 N–H and O–H groups in total. The summed E-state index contributed by atoms with van der Waals surface area (Å²) in [5.41, 5.74) is 1.36. The normalized spacial score (nSPS) is 20.2. The van der Waals surface area contributed by atoms with Gasteiger partial charge in [0.05, 0.1) is 13.2 Å². The van der Waals surface area contributed by atoms with E-state index in [1.807, 2.05) is 36.4 Å². The molecule has 6 nitrogen and oxygen atoms in total. The lowest BCUT2D eigenvalue weighted by atomic mass is 9.98. The molecular formula is C22H22FN3O3. The molecule has 0 amide bonds. The predicted molar refractivity (Wildman–Crippen MR) is 103 cm³/mol. The van der Waals surface area contributed by atoms with Crippen molar-refractivity contribution in [1.29, 1.82) is 0 Å². The number of aromatic nitrogens is 2. The number of nitrogens with zero attached hydrogens (tertiary/aromatic N) is 3. The molecule has 2 aromatic carbocycles. The third-order valence-electron chi connectivity index (χ3n) is 5.63. The fourth-order valence-corrected chi connectivity index (χ4v) is 4.13. The first-order valence-corrected chi connectivity index (χ1v) is 9.89. The summed E-state index contributed by atoms with van der Waals surface area (Å²) in [5.74, 6) is 0.0296. The van der Waals surface area contributed by atoms with E-state index in [9.17, 15) is 4.39 Å². The molecule has 3 aromatic rings. The molecule has 1 atom stereocenters. The summed E-state index contributed by atoms with van der Waals surface area (Å²) in [6, 6.07) is 15.9. The standard InChI is InChI=1S/C22H22FN3O3/c23-18-9-5-4-8-17(18)19(26-12-10-22(11-13-26)27-14-15-28-22)21-25-24-20(29-21)16-6-2-1-3-7-16/h1-9,19H,10-15H2. The Labute approximate surface area is 168 Å². The summed E-state index contributed by atoms with van der Waals surface area (Å²) >= 11 is 0. The maximum absolute atomic E-state index is 14.7. The van der Waals surface area contributed by atoms with Crippen molar-refractivity contribution in [2.45, 2.75) is 24.7 Å². The molecule has 0 saturated carbocycles. The first-order chi connectivity index (χ1) is 14.2. The van der Waals surface area contributed by atoms with Gasteiger partial charge in [-0.25, -0.2) is 4.39 Å². The number of ether oxygens (including phenoxy) is 2. The molecule has 1 spiro atoms. The van der Waals surface area contributed by atoms with Crippen LogP contribution in [0.1, 0.15) is 30.3 Å². The van der Waals surface area contributed by atoms with E-state index in [1.54, 1.807) is 12.1 Å². The minimum Gasteiger partial charge on any atom is -0.419 e. The van der Waals surface area contributed by atoms with Gasteiger partial charge in [0.2, 0.25) is 11.8 Å². The van der Waals surface area contributed by atoms with Gasteiger partial charge in [-0.2, -0.15) is 0 Å². The van der Waals surface area contributed by atoms with Crippen LogP contribution in [-0.2, 0) is 9.47 Å².